The van der Waals surface area contributed by atoms with Gasteiger partial charge in [-0.15, -0.1) is 0 Å². The summed E-state index contributed by atoms with van der Waals surface area (Å²) < 4.78 is 28.4. The van der Waals surface area contributed by atoms with Crippen LogP contribution in [0.2, 0.25) is 0 Å². The van der Waals surface area contributed by atoms with Gasteiger partial charge in [0.1, 0.15) is 6.04 Å². The number of hydrogen-bond acceptors (Lipinski definition) is 2. The second-order valence-corrected chi connectivity index (χ2v) is 4.48. The number of alkyl halides is 2. The van der Waals surface area contributed by atoms with Gasteiger partial charge in [-0.05, 0) is 0 Å². The van der Waals surface area contributed by atoms with Gasteiger partial charge in [0.25, 0.3) is 5.92 Å². The number of halogens is 2. The van der Waals surface area contributed by atoms with Crippen molar-refractivity contribution in [2.45, 2.75) is 25.8 Å². The van der Waals surface area contributed by atoms with Crippen molar-refractivity contribution < 1.29 is 18.7 Å². The van der Waals surface area contributed by atoms with Crippen molar-refractivity contribution >= 4 is 5.97 Å². The van der Waals surface area contributed by atoms with Crippen molar-refractivity contribution in [3.8, 4) is 0 Å². The van der Waals surface area contributed by atoms with Gasteiger partial charge in [-0.2, -0.15) is 0 Å². The molecule has 1 aromatic carbocycles. The number of carboxylic acid groups (broad SMARTS) is 1. The number of nitrogens with two attached hydrogens (primary N) is 1. The van der Waals surface area contributed by atoms with Crippen molar-refractivity contribution in [2.24, 2.45) is 11.1 Å². The molecule has 1 aromatic rings. The first-order valence-corrected chi connectivity index (χ1v) is 5.13. The third kappa shape index (κ3) is 2.29. The highest BCUT2D eigenvalue weighted by atomic mass is 19.3. The molecule has 1 rings (SSSR count). The van der Waals surface area contributed by atoms with Crippen molar-refractivity contribution in [1.29, 1.82) is 0 Å². The number of rotatable bonds is 4. The second kappa shape index (κ2) is 4.41. The fourth-order valence-electron chi connectivity index (χ4n) is 1.52. The van der Waals surface area contributed by atoms with Crippen LogP contribution in [0.15, 0.2) is 30.3 Å². The summed E-state index contributed by atoms with van der Waals surface area (Å²) in [4.78, 5) is 10.8. The molecule has 0 fully saturated rings. The minimum atomic E-state index is -3.31. The van der Waals surface area contributed by atoms with Crippen molar-refractivity contribution in [3.63, 3.8) is 0 Å². The standard InChI is InChI=1S/C12H15F2NO2/c1-11(2,9(15)10(16)17)12(13,14)8-6-4-3-5-7-8/h3-7,9H,15H2,1-2H3,(H,16,17). The van der Waals surface area contributed by atoms with Gasteiger partial charge >= 0.3 is 5.97 Å². The van der Waals surface area contributed by atoms with Crippen LogP contribution in [0.4, 0.5) is 8.78 Å². The topological polar surface area (TPSA) is 63.3 Å². The van der Waals surface area contributed by atoms with Crippen LogP contribution in [0.1, 0.15) is 19.4 Å². The number of aliphatic carboxylic acids is 1. The van der Waals surface area contributed by atoms with Gasteiger partial charge in [-0.1, -0.05) is 44.2 Å². The minimum Gasteiger partial charge on any atom is -0.480 e. The lowest BCUT2D eigenvalue weighted by Crippen LogP contribution is -2.52. The van der Waals surface area contributed by atoms with Crippen LogP contribution >= 0.6 is 0 Å². The molecule has 0 radical (unpaired) electrons. The average molecular weight is 243 g/mol. The summed E-state index contributed by atoms with van der Waals surface area (Å²) in [6.45, 7) is 2.30. The van der Waals surface area contributed by atoms with E-state index in [4.69, 9.17) is 10.8 Å². The summed E-state index contributed by atoms with van der Waals surface area (Å²) in [6.07, 6.45) is 0. The van der Waals surface area contributed by atoms with E-state index in [1.807, 2.05) is 0 Å². The first-order valence-electron chi connectivity index (χ1n) is 5.13. The Morgan fingerprint density at radius 1 is 1.29 bits per heavy atom. The Hall–Kier alpha value is -1.49. The molecule has 0 amide bonds. The Kier molecular flexibility index (Phi) is 3.52. The molecule has 0 aromatic heterocycles. The lowest BCUT2D eigenvalue weighted by atomic mass is 9.75. The Bertz CT molecular complexity index is 404. The van der Waals surface area contributed by atoms with E-state index in [0.29, 0.717) is 0 Å². The van der Waals surface area contributed by atoms with Crippen LogP contribution in [0, 0.1) is 5.41 Å². The van der Waals surface area contributed by atoms with E-state index in [1.54, 1.807) is 6.07 Å². The van der Waals surface area contributed by atoms with Crippen molar-refractivity contribution in [2.75, 3.05) is 0 Å². The molecular weight excluding hydrogens is 228 g/mol. The molecule has 1 unspecified atom stereocenters. The first kappa shape index (κ1) is 13.6. The number of hydrogen-bond donors (Lipinski definition) is 2. The summed E-state index contributed by atoms with van der Waals surface area (Å²) in [5.41, 5.74) is 3.23. The maximum absolute atomic E-state index is 14.2. The van der Waals surface area contributed by atoms with Crippen LogP contribution in [-0.2, 0) is 10.7 Å². The van der Waals surface area contributed by atoms with E-state index >= 15 is 0 Å². The molecule has 3 nitrogen and oxygen atoms in total. The number of carboxylic acids is 1. The highest BCUT2D eigenvalue weighted by Gasteiger charge is 2.53. The van der Waals surface area contributed by atoms with E-state index in [9.17, 15) is 13.6 Å². The zero-order valence-corrected chi connectivity index (χ0v) is 9.65. The van der Waals surface area contributed by atoms with Gasteiger partial charge in [0.05, 0.1) is 5.41 Å². The van der Waals surface area contributed by atoms with Gasteiger partial charge in [-0.25, -0.2) is 8.78 Å². The summed E-state index contributed by atoms with van der Waals surface area (Å²) in [7, 11) is 0. The van der Waals surface area contributed by atoms with Crippen molar-refractivity contribution in [3.05, 3.63) is 35.9 Å². The number of benzene rings is 1. The van der Waals surface area contributed by atoms with Gasteiger partial charge in [0.15, 0.2) is 0 Å². The molecule has 3 N–H and O–H groups in total. The van der Waals surface area contributed by atoms with Gasteiger partial charge in [-0.3, -0.25) is 4.79 Å². The van der Waals surface area contributed by atoms with Crippen LogP contribution in [0.25, 0.3) is 0 Å². The van der Waals surface area contributed by atoms with E-state index < -0.39 is 23.3 Å². The number of carbonyl (C=O) groups is 1. The molecule has 0 spiro atoms. The van der Waals surface area contributed by atoms with Crippen LogP contribution in [0.5, 0.6) is 0 Å². The third-order valence-electron chi connectivity index (χ3n) is 2.99. The maximum Gasteiger partial charge on any atom is 0.321 e. The lowest BCUT2D eigenvalue weighted by Gasteiger charge is -2.37. The zero-order chi connectivity index (χ0) is 13.3. The van der Waals surface area contributed by atoms with Crippen LogP contribution in [-0.4, -0.2) is 17.1 Å². The highest BCUT2D eigenvalue weighted by molar-refractivity contribution is 5.74. The van der Waals surface area contributed by atoms with Gasteiger partial charge in [0, 0.05) is 5.56 Å². The Morgan fingerprint density at radius 2 is 1.76 bits per heavy atom. The maximum atomic E-state index is 14.2. The molecule has 5 heteroatoms. The molecule has 94 valence electrons. The molecule has 0 aliphatic carbocycles. The smallest absolute Gasteiger partial charge is 0.321 e. The van der Waals surface area contributed by atoms with Crippen LogP contribution in [0.3, 0.4) is 0 Å². The third-order valence-corrected chi connectivity index (χ3v) is 2.99. The minimum absolute atomic E-state index is 0.235. The lowest BCUT2D eigenvalue weighted by molar-refractivity contribution is -0.159. The van der Waals surface area contributed by atoms with Gasteiger partial charge < -0.3 is 10.8 Å². The van der Waals surface area contributed by atoms with Crippen molar-refractivity contribution in [1.82, 2.24) is 0 Å². The molecule has 0 saturated heterocycles. The van der Waals surface area contributed by atoms with Crippen LogP contribution < -0.4 is 5.73 Å². The summed E-state index contributed by atoms with van der Waals surface area (Å²) >= 11 is 0. The highest BCUT2D eigenvalue weighted by Crippen LogP contribution is 2.46. The molecule has 0 heterocycles. The fraction of sp³-hybridized carbons (Fsp3) is 0.417. The SMILES string of the molecule is CC(C)(C(N)C(=O)O)C(F)(F)c1ccccc1. The second-order valence-electron chi connectivity index (χ2n) is 4.48. The molecular formula is C12H15F2NO2. The zero-order valence-electron chi connectivity index (χ0n) is 9.65. The molecule has 17 heavy (non-hydrogen) atoms. The van der Waals surface area contributed by atoms with E-state index in [-0.39, 0.29) is 5.56 Å². The fourth-order valence-corrected chi connectivity index (χ4v) is 1.52. The van der Waals surface area contributed by atoms with E-state index in [1.165, 1.54) is 24.3 Å². The molecule has 0 aliphatic rings. The molecule has 0 aliphatic heterocycles. The van der Waals surface area contributed by atoms with E-state index in [2.05, 4.69) is 0 Å². The molecule has 0 bridgehead atoms. The van der Waals surface area contributed by atoms with E-state index in [0.717, 1.165) is 13.8 Å². The summed E-state index contributed by atoms with van der Waals surface area (Å²) in [6, 6.07) is 5.45. The Balaban J connectivity index is 3.17. The first-order chi connectivity index (χ1) is 7.71. The average Bonchev–Trinajstić information content (AvgIpc) is 2.28. The molecule has 0 saturated carbocycles. The summed E-state index contributed by atoms with van der Waals surface area (Å²) in [5, 5.41) is 8.77. The predicted molar refractivity (Wildman–Crippen MR) is 59.7 cm³/mol. The Labute approximate surface area is 98.2 Å². The van der Waals surface area contributed by atoms with Gasteiger partial charge in [0.2, 0.25) is 0 Å². The summed E-state index contributed by atoms with van der Waals surface area (Å²) in [5.74, 6) is -4.75. The quantitative estimate of drug-likeness (QED) is 0.852. The Morgan fingerprint density at radius 3 is 2.18 bits per heavy atom. The normalized spacial score (nSPS) is 14.4. The monoisotopic (exact) mass is 243 g/mol. The molecule has 1 atom stereocenters. The largest absolute Gasteiger partial charge is 0.480 e. The predicted octanol–water partition coefficient (Wildman–Crippen LogP) is 2.22.